The molecule has 2 aromatic carbocycles. The number of ether oxygens (including phenoxy) is 3. The molecule has 2 N–H and O–H groups in total. The van der Waals surface area contributed by atoms with Gasteiger partial charge in [0.15, 0.2) is 17.6 Å². The fourth-order valence-corrected chi connectivity index (χ4v) is 2.53. The fraction of sp³-hybridized carbons (Fsp3) is 0.368. The van der Waals surface area contributed by atoms with Crippen molar-refractivity contribution in [1.29, 1.82) is 0 Å². The highest BCUT2D eigenvalue weighted by Crippen LogP contribution is 2.35. The standard InChI is InChI=1S/C19H25NO4/c1-4-23-17-11-7-8-12-18(17)24-19(15(21)13-20-2)14-9-5-6-10-16(14)22-3/h5-12,15,19-21H,4,13H2,1-3H3. The summed E-state index contributed by atoms with van der Waals surface area (Å²) in [6.45, 7) is 2.85. The first-order valence-corrected chi connectivity index (χ1v) is 8.05. The summed E-state index contributed by atoms with van der Waals surface area (Å²) >= 11 is 0. The lowest BCUT2D eigenvalue weighted by molar-refractivity contribution is 0.0337. The Bertz CT molecular complexity index is 632. The van der Waals surface area contributed by atoms with Crippen LogP contribution in [0.3, 0.4) is 0 Å². The number of para-hydroxylation sites is 3. The van der Waals surface area contributed by atoms with E-state index in [1.807, 2.05) is 55.5 Å². The predicted octanol–water partition coefficient (Wildman–Crippen LogP) is 2.79. The molecule has 24 heavy (non-hydrogen) atoms. The monoisotopic (exact) mass is 331 g/mol. The average molecular weight is 331 g/mol. The molecule has 0 heterocycles. The van der Waals surface area contributed by atoms with Gasteiger partial charge in [-0.2, -0.15) is 0 Å². The van der Waals surface area contributed by atoms with Gasteiger partial charge in [-0.25, -0.2) is 0 Å². The number of rotatable bonds is 9. The van der Waals surface area contributed by atoms with Gasteiger partial charge in [-0.3, -0.25) is 0 Å². The van der Waals surface area contributed by atoms with E-state index in [9.17, 15) is 5.11 Å². The van der Waals surface area contributed by atoms with Crippen LogP contribution in [0.15, 0.2) is 48.5 Å². The molecule has 0 saturated carbocycles. The van der Waals surface area contributed by atoms with Crippen molar-refractivity contribution in [1.82, 2.24) is 5.32 Å². The second-order valence-electron chi connectivity index (χ2n) is 5.29. The summed E-state index contributed by atoms with van der Waals surface area (Å²) in [5.41, 5.74) is 0.786. The molecule has 2 unspecified atom stereocenters. The van der Waals surface area contributed by atoms with E-state index in [1.54, 1.807) is 14.2 Å². The van der Waals surface area contributed by atoms with E-state index in [1.165, 1.54) is 0 Å². The molecule has 130 valence electrons. The molecule has 0 aliphatic carbocycles. The fourth-order valence-electron chi connectivity index (χ4n) is 2.53. The number of nitrogens with one attached hydrogen (secondary N) is 1. The zero-order valence-electron chi connectivity index (χ0n) is 14.4. The number of benzene rings is 2. The van der Waals surface area contributed by atoms with E-state index >= 15 is 0 Å². The summed E-state index contributed by atoms with van der Waals surface area (Å²) in [5, 5.41) is 13.6. The zero-order chi connectivity index (χ0) is 17.4. The Balaban J connectivity index is 2.37. The normalized spacial score (nSPS) is 13.2. The summed E-state index contributed by atoms with van der Waals surface area (Å²) in [6.07, 6.45) is -1.34. The third-order valence-corrected chi connectivity index (χ3v) is 3.61. The molecule has 0 fully saturated rings. The van der Waals surface area contributed by atoms with Crippen molar-refractivity contribution in [3.63, 3.8) is 0 Å². The summed E-state index contributed by atoms with van der Waals surface area (Å²) < 4.78 is 17.2. The van der Waals surface area contributed by atoms with Gasteiger partial charge in [-0.15, -0.1) is 0 Å². The van der Waals surface area contributed by atoms with Crippen LogP contribution in [-0.4, -0.2) is 38.5 Å². The zero-order valence-corrected chi connectivity index (χ0v) is 14.4. The molecule has 2 rings (SSSR count). The highest BCUT2D eigenvalue weighted by Gasteiger charge is 2.26. The molecule has 0 amide bonds. The average Bonchev–Trinajstić information content (AvgIpc) is 2.61. The topological polar surface area (TPSA) is 60.0 Å². The number of aliphatic hydroxyl groups excluding tert-OH is 1. The number of likely N-dealkylation sites (N-methyl/N-ethyl adjacent to an activating group) is 1. The lowest BCUT2D eigenvalue weighted by Crippen LogP contribution is -2.33. The van der Waals surface area contributed by atoms with Crippen LogP contribution in [0.4, 0.5) is 0 Å². The van der Waals surface area contributed by atoms with Crippen LogP contribution in [-0.2, 0) is 0 Å². The van der Waals surface area contributed by atoms with Crippen molar-refractivity contribution in [3.8, 4) is 17.2 Å². The minimum Gasteiger partial charge on any atom is -0.496 e. The first-order chi connectivity index (χ1) is 11.7. The van der Waals surface area contributed by atoms with Gasteiger partial charge in [0, 0.05) is 12.1 Å². The van der Waals surface area contributed by atoms with Crippen LogP contribution in [0.25, 0.3) is 0 Å². The maximum Gasteiger partial charge on any atom is 0.162 e. The van der Waals surface area contributed by atoms with Gasteiger partial charge < -0.3 is 24.6 Å². The summed E-state index contributed by atoms with van der Waals surface area (Å²) in [6, 6.07) is 15.0. The Morgan fingerprint density at radius 2 is 1.62 bits per heavy atom. The van der Waals surface area contributed by atoms with Crippen LogP contribution in [0.1, 0.15) is 18.6 Å². The molecule has 0 aromatic heterocycles. The maximum absolute atomic E-state index is 10.6. The van der Waals surface area contributed by atoms with E-state index in [-0.39, 0.29) is 0 Å². The molecule has 0 saturated heterocycles. The first kappa shape index (κ1) is 18.1. The molecular formula is C19H25NO4. The van der Waals surface area contributed by atoms with Crippen molar-refractivity contribution >= 4 is 0 Å². The van der Waals surface area contributed by atoms with Crippen LogP contribution in [0.2, 0.25) is 0 Å². The SMILES string of the molecule is CCOc1ccccc1OC(c1ccccc1OC)C(O)CNC. The van der Waals surface area contributed by atoms with Gasteiger partial charge in [-0.05, 0) is 32.2 Å². The largest absolute Gasteiger partial charge is 0.496 e. The summed E-state index contributed by atoms with van der Waals surface area (Å²) in [7, 11) is 3.39. The minimum absolute atomic E-state index is 0.388. The van der Waals surface area contributed by atoms with E-state index in [0.717, 1.165) is 5.56 Å². The number of methoxy groups -OCH3 is 1. The Hall–Kier alpha value is -2.24. The Morgan fingerprint density at radius 1 is 1.00 bits per heavy atom. The second-order valence-corrected chi connectivity index (χ2v) is 5.29. The molecule has 5 nitrogen and oxygen atoms in total. The molecule has 0 spiro atoms. The molecular weight excluding hydrogens is 306 g/mol. The Kier molecular flexibility index (Phi) is 6.90. The third-order valence-electron chi connectivity index (χ3n) is 3.61. The second kappa shape index (κ2) is 9.15. The Labute approximate surface area is 143 Å². The van der Waals surface area contributed by atoms with Gasteiger partial charge in [0.05, 0.1) is 13.7 Å². The molecule has 0 radical (unpaired) electrons. The van der Waals surface area contributed by atoms with E-state index < -0.39 is 12.2 Å². The molecule has 0 aliphatic heterocycles. The Morgan fingerprint density at radius 3 is 2.25 bits per heavy atom. The van der Waals surface area contributed by atoms with Crippen LogP contribution in [0.5, 0.6) is 17.2 Å². The van der Waals surface area contributed by atoms with Crippen LogP contribution >= 0.6 is 0 Å². The lowest BCUT2D eigenvalue weighted by atomic mass is 10.0. The third kappa shape index (κ3) is 4.40. The van der Waals surface area contributed by atoms with Gasteiger partial charge in [0.1, 0.15) is 11.9 Å². The maximum atomic E-state index is 10.6. The van der Waals surface area contributed by atoms with E-state index in [4.69, 9.17) is 14.2 Å². The lowest BCUT2D eigenvalue weighted by Gasteiger charge is -2.26. The van der Waals surface area contributed by atoms with Crippen molar-refractivity contribution in [2.75, 3.05) is 27.3 Å². The van der Waals surface area contributed by atoms with E-state index in [0.29, 0.717) is 30.4 Å². The van der Waals surface area contributed by atoms with Crippen molar-refractivity contribution in [2.24, 2.45) is 0 Å². The summed E-state index contributed by atoms with van der Waals surface area (Å²) in [5.74, 6) is 1.91. The van der Waals surface area contributed by atoms with Gasteiger partial charge in [0.25, 0.3) is 0 Å². The smallest absolute Gasteiger partial charge is 0.162 e. The molecule has 2 aromatic rings. The van der Waals surface area contributed by atoms with Crippen molar-refractivity contribution in [2.45, 2.75) is 19.1 Å². The minimum atomic E-state index is -0.749. The van der Waals surface area contributed by atoms with Crippen LogP contribution < -0.4 is 19.5 Å². The van der Waals surface area contributed by atoms with Crippen molar-refractivity contribution in [3.05, 3.63) is 54.1 Å². The van der Waals surface area contributed by atoms with E-state index in [2.05, 4.69) is 5.32 Å². The predicted molar refractivity (Wildman–Crippen MR) is 93.9 cm³/mol. The van der Waals surface area contributed by atoms with Gasteiger partial charge >= 0.3 is 0 Å². The van der Waals surface area contributed by atoms with Gasteiger partial charge in [-0.1, -0.05) is 30.3 Å². The summed E-state index contributed by atoms with van der Waals surface area (Å²) in [4.78, 5) is 0. The molecule has 5 heteroatoms. The number of aliphatic hydroxyl groups is 1. The quantitative estimate of drug-likeness (QED) is 0.740. The van der Waals surface area contributed by atoms with Crippen molar-refractivity contribution < 1.29 is 19.3 Å². The molecule has 2 atom stereocenters. The number of hydrogen-bond donors (Lipinski definition) is 2. The van der Waals surface area contributed by atoms with Gasteiger partial charge in [0.2, 0.25) is 0 Å². The highest BCUT2D eigenvalue weighted by molar-refractivity contribution is 5.42. The number of hydrogen-bond acceptors (Lipinski definition) is 5. The molecule has 0 bridgehead atoms. The first-order valence-electron chi connectivity index (χ1n) is 8.05. The highest BCUT2D eigenvalue weighted by atomic mass is 16.5. The van der Waals surface area contributed by atoms with Crippen LogP contribution in [0, 0.1) is 0 Å². The molecule has 0 aliphatic rings.